The summed E-state index contributed by atoms with van der Waals surface area (Å²) in [6, 6.07) is 4.11. The van der Waals surface area contributed by atoms with Crippen molar-refractivity contribution in [1.29, 1.82) is 0 Å². The number of hydrogen-bond donors (Lipinski definition) is 1. The number of ether oxygens (including phenoxy) is 3. The summed E-state index contributed by atoms with van der Waals surface area (Å²) >= 11 is 7.07. The molecular formula is C15H23Br2NO3. The molecule has 0 aromatic heterocycles. The molecule has 0 aliphatic carbocycles. The van der Waals surface area contributed by atoms with Crippen LogP contribution in [0.25, 0.3) is 0 Å². The number of hydrogen-bond acceptors (Lipinski definition) is 4. The minimum atomic E-state index is -0.199. The van der Waals surface area contributed by atoms with Gasteiger partial charge in [-0.1, -0.05) is 0 Å². The van der Waals surface area contributed by atoms with Crippen molar-refractivity contribution in [3.8, 4) is 5.75 Å². The molecule has 0 aliphatic heterocycles. The lowest BCUT2D eigenvalue weighted by atomic mass is 10.2. The Morgan fingerprint density at radius 2 is 1.57 bits per heavy atom. The van der Waals surface area contributed by atoms with Crippen molar-refractivity contribution in [1.82, 2.24) is 5.32 Å². The van der Waals surface area contributed by atoms with Crippen molar-refractivity contribution < 1.29 is 14.2 Å². The van der Waals surface area contributed by atoms with E-state index < -0.39 is 0 Å². The first-order valence-corrected chi connectivity index (χ1v) is 8.75. The molecule has 0 fully saturated rings. The second-order valence-electron chi connectivity index (χ2n) is 4.29. The Kier molecular flexibility index (Phi) is 9.51. The molecule has 0 amide bonds. The van der Waals surface area contributed by atoms with Gasteiger partial charge < -0.3 is 19.5 Å². The highest BCUT2D eigenvalue weighted by molar-refractivity contribution is 9.11. The molecule has 4 nitrogen and oxygen atoms in total. The highest BCUT2D eigenvalue weighted by Gasteiger charge is 2.10. The van der Waals surface area contributed by atoms with Gasteiger partial charge in [0.1, 0.15) is 5.75 Å². The number of halogens is 2. The summed E-state index contributed by atoms with van der Waals surface area (Å²) in [5.41, 5.74) is 1.16. The molecule has 6 heteroatoms. The van der Waals surface area contributed by atoms with Gasteiger partial charge in [-0.3, -0.25) is 0 Å². The van der Waals surface area contributed by atoms with Crippen LogP contribution in [0.15, 0.2) is 21.1 Å². The lowest BCUT2D eigenvalue weighted by Crippen LogP contribution is -2.31. The van der Waals surface area contributed by atoms with Crippen molar-refractivity contribution in [2.75, 3.05) is 26.4 Å². The number of benzene rings is 1. The maximum absolute atomic E-state index is 5.57. The summed E-state index contributed by atoms with van der Waals surface area (Å²) < 4.78 is 18.5. The summed E-state index contributed by atoms with van der Waals surface area (Å²) in [6.45, 7) is 9.22. The molecule has 0 aliphatic rings. The SMILES string of the molecule is CCOc1c(Br)cc(CNCC(OCC)OCC)cc1Br. The topological polar surface area (TPSA) is 39.7 Å². The normalized spacial score (nSPS) is 11.1. The molecule has 120 valence electrons. The zero-order valence-corrected chi connectivity index (χ0v) is 15.9. The average Bonchev–Trinajstić information content (AvgIpc) is 2.43. The predicted molar refractivity (Wildman–Crippen MR) is 91.8 cm³/mol. The van der Waals surface area contributed by atoms with Gasteiger partial charge in [0, 0.05) is 26.3 Å². The van der Waals surface area contributed by atoms with Gasteiger partial charge in [0.25, 0.3) is 0 Å². The summed E-state index contributed by atoms with van der Waals surface area (Å²) in [4.78, 5) is 0. The van der Waals surface area contributed by atoms with Crippen molar-refractivity contribution in [3.05, 3.63) is 26.6 Å². The van der Waals surface area contributed by atoms with Gasteiger partial charge in [-0.2, -0.15) is 0 Å². The van der Waals surface area contributed by atoms with Crippen LogP contribution in [0.4, 0.5) is 0 Å². The molecule has 0 atom stereocenters. The first-order chi connectivity index (χ1) is 10.1. The van der Waals surface area contributed by atoms with Crippen molar-refractivity contribution >= 4 is 31.9 Å². The van der Waals surface area contributed by atoms with E-state index in [4.69, 9.17) is 14.2 Å². The molecular weight excluding hydrogens is 402 g/mol. The van der Waals surface area contributed by atoms with Crippen LogP contribution in [0.3, 0.4) is 0 Å². The molecule has 0 radical (unpaired) electrons. The molecule has 0 heterocycles. The molecule has 1 rings (SSSR count). The van der Waals surface area contributed by atoms with Crippen LogP contribution in [0.1, 0.15) is 26.3 Å². The van der Waals surface area contributed by atoms with Crippen LogP contribution < -0.4 is 10.1 Å². The Morgan fingerprint density at radius 1 is 1.00 bits per heavy atom. The third-order valence-corrected chi connectivity index (χ3v) is 3.87. The van der Waals surface area contributed by atoms with E-state index in [2.05, 4.69) is 49.3 Å². The molecule has 1 aromatic carbocycles. The molecule has 0 bridgehead atoms. The van der Waals surface area contributed by atoms with Crippen LogP contribution in [0, 0.1) is 0 Å². The van der Waals surface area contributed by atoms with E-state index in [1.807, 2.05) is 20.8 Å². The molecule has 0 saturated carbocycles. The minimum absolute atomic E-state index is 0.199. The summed E-state index contributed by atoms with van der Waals surface area (Å²) in [5, 5.41) is 3.34. The predicted octanol–water partition coefficient (Wildman–Crippen LogP) is 4.10. The highest BCUT2D eigenvalue weighted by atomic mass is 79.9. The van der Waals surface area contributed by atoms with Crippen molar-refractivity contribution in [2.45, 2.75) is 33.6 Å². The largest absolute Gasteiger partial charge is 0.492 e. The van der Waals surface area contributed by atoms with Gasteiger partial charge in [-0.05, 0) is 70.3 Å². The number of rotatable bonds is 10. The van der Waals surface area contributed by atoms with Gasteiger partial charge in [0.15, 0.2) is 6.29 Å². The van der Waals surface area contributed by atoms with E-state index in [1.165, 1.54) is 0 Å². The molecule has 1 aromatic rings. The zero-order valence-electron chi connectivity index (χ0n) is 12.7. The Hall–Kier alpha value is -0.140. The molecule has 0 unspecified atom stereocenters. The lowest BCUT2D eigenvalue weighted by molar-refractivity contribution is -0.133. The second-order valence-corrected chi connectivity index (χ2v) is 6.00. The smallest absolute Gasteiger partial charge is 0.169 e. The van der Waals surface area contributed by atoms with Crippen LogP contribution in [-0.4, -0.2) is 32.7 Å². The van der Waals surface area contributed by atoms with E-state index in [0.717, 1.165) is 26.8 Å². The Bertz CT molecular complexity index is 400. The van der Waals surface area contributed by atoms with Crippen LogP contribution in [-0.2, 0) is 16.0 Å². The molecule has 21 heavy (non-hydrogen) atoms. The van der Waals surface area contributed by atoms with Crippen molar-refractivity contribution in [3.63, 3.8) is 0 Å². The molecule has 0 spiro atoms. The van der Waals surface area contributed by atoms with E-state index in [1.54, 1.807) is 0 Å². The van der Waals surface area contributed by atoms with E-state index >= 15 is 0 Å². The number of nitrogens with one attached hydrogen (secondary N) is 1. The van der Waals surface area contributed by atoms with Gasteiger partial charge in [-0.15, -0.1) is 0 Å². The third kappa shape index (κ3) is 6.65. The van der Waals surface area contributed by atoms with Gasteiger partial charge in [0.05, 0.1) is 15.6 Å². The summed E-state index contributed by atoms with van der Waals surface area (Å²) in [5.74, 6) is 0.836. The fraction of sp³-hybridized carbons (Fsp3) is 0.600. The summed E-state index contributed by atoms with van der Waals surface area (Å²) in [6.07, 6.45) is -0.199. The summed E-state index contributed by atoms with van der Waals surface area (Å²) in [7, 11) is 0. The maximum Gasteiger partial charge on any atom is 0.169 e. The van der Waals surface area contributed by atoms with E-state index in [0.29, 0.717) is 26.4 Å². The van der Waals surface area contributed by atoms with Crippen LogP contribution >= 0.6 is 31.9 Å². The average molecular weight is 425 g/mol. The lowest BCUT2D eigenvalue weighted by Gasteiger charge is -2.18. The molecule has 0 saturated heterocycles. The van der Waals surface area contributed by atoms with Gasteiger partial charge >= 0.3 is 0 Å². The van der Waals surface area contributed by atoms with Crippen molar-refractivity contribution in [2.24, 2.45) is 0 Å². The fourth-order valence-corrected chi connectivity index (χ4v) is 3.38. The zero-order chi connectivity index (χ0) is 15.7. The van der Waals surface area contributed by atoms with Gasteiger partial charge in [-0.25, -0.2) is 0 Å². The Morgan fingerprint density at radius 3 is 2.05 bits per heavy atom. The highest BCUT2D eigenvalue weighted by Crippen LogP contribution is 2.34. The first-order valence-electron chi connectivity index (χ1n) is 7.16. The third-order valence-electron chi connectivity index (χ3n) is 2.69. The Balaban J connectivity index is 2.55. The molecule has 1 N–H and O–H groups in total. The van der Waals surface area contributed by atoms with E-state index in [9.17, 15) is 0 Å². The quantitative estimate of drug-likeness (QED) is 0.574. The Labute approximate surface area is 143 Å². The maximum atomic E-state index is 5.57. The van der Waals surface area contributed by atoms with Crippen LogP contribution in [0.5, 0.6) is 5.75 Å². The fourth-order valence-electron chi connectivity index (χ4n) is 1.87. The minimum Gasteiger partial charge on any atom is -0.492 e. The monoisotopic (exact) mass is 423 g/mol. The van der Waals surface area contributed by atoms with Crippen LogP contribution in [0.2, 0.25) is 0 Å². The first kappa shape index (κ1) is 18.9. The van der Waals surface area contributed by atoms with Gasteiger partial charge in [0.2, 0.25) is 0 Å². The van der Waals surface area contributed by atoms with E-state index in [-0.39, 0.29) is 6.29 Å². The standard InChI is InChI=1S/C15H23Br2NO3/c1-4-19-14(20-5-2)10-18-9-11-7-12(16)15(21-6-3)13(17)8-11/h7-8,14,18H,4-6,9-10H2,1-3H3. The second kappa shape index (κ2) is 10.6.